The maximum absolute atomic E-state index is 12.6. The van der Waals surface area contributed by atoms with Crippen LogP contribution in [0.4, 0.5) is 5.69 Å². The monoisotopic (exact) mass is 399 g/mol. The van der Waals surface area contributed by atoms with Crippen LogP contribution in [-0.4, -0.2) is 28.0 Å². The van der Waals surface area contributed by atoms with Gasteiger partial charge in [0.05, 0.1) is 12.0 Å². The largest absolute Gasteiger partial charge is 0.462 e. The Morgan fingerprint density at radius 1 is 1.18 bits per heavy atom. The zero-order valence-corrected chi connectivity index (χ0v) is 16.1. The zero-order valence-electron chi connectivity index (χ0n) is 15.4. The molecule has 7 nitrogen and oxygen atoms in total. The molecule has 28 heavy (non-hydrogen) atoms. The van der Waals surface area contributed by atoms with E-state index in [1.165, 1.54) is 10.8 Å². The number of amides is 1. The number of nitrogens with one attached hydrogen (secondary N) is 1. The molecule has 2 aromatic heterocycles. The summed E-state index contributed by atoms with van der Waals surface area (Å²) in [7, 11) is 0. The summed E-state index contributed by atoms with van der Waals surface area (Å²) in [5.74, 6) is -1.08. The van der Waals surface area contributed by atoms with E-state index in [9.17, 15) is 14.4 Å². The van der Waals surface area contributed by atoms with Gasteiger partial charge < -0.3 is 14.6 Å². The first-order chi connectivity index (χ1) is 13.4. The molecule has 3 rings (SSSR count). The van der Waals surface area contributed by atoms with Crippen molar-refractivity contribution in [3.8, 4) is 0 Å². The first kappa shape index (κ1) is 19.6. The number of rotatable bonds is 5. The molecule has 1 amide bonds. The summed E-state index contributed by atoms with van der Waals surface area (Å²) in [5, 5.41) is 3.55. The normalized spacial score (nSPS) is 10.7. The van der Waals surface area contributed by atoms with Crippen LogP contribution < -0.4 is 10.7 Å². The number of benzene rings is 1. The molecule has 144 valence electrons. The molecule has 8 heteroatoms. The number of halogens is 1. The number of carbonyl (C=O) groups excluding carboxylic acids is 2. The second kappa shape index (κ2) is 8.22. The van der Waals surface area contributed by atoms with Crippen molar-refractivity contribution in [1.29, 1.82) is 0 Å². The van der Waals surface area contributed by atoms with Gasteiger partial charge in [0, 0.05) is 22.6 Å². The molecule has 3 aromatic rings. The summed E-state index contributed by atoms with van der Waals surface area (Å²) in [6, 6.07) is 9.95. The highest BCUT2D eigenvalue weighted by Gasteiger charge is 2.18. The number of aromatic nitrogens is 2. The fourth-order valence-corrected chi connectivity index (χ4v) is 2.85. The van der Waals surface area contributed by atoms with E-state index in [2.05, 4.69) is 10.3 Å². The second-order valence-electron chi connectivity index (χ2n) is 6.10. The van der Waals surface area contributed by atoms with Crippen LogP contribution in [0, 0.1) is 6.92 Å². The average molecular weight is 400 g/mol. The van der Waals surface area contributed by atoms with Gasteiger partial charge in [-0.2, -0.15) is 0 Å². The first-order valence-electron chi connectivity index (χ1n) is 8.62. The minimum absolute atomic E-state index is 0.137. The molecule has 2 heterocycles. The number of fused-ring (bicyclic) bond motifs is 1. The van der Waals surface area contributed by atoms with Crippen molar-refractivity contribution >= 4 is 40.2 Å². The van der Waals surface area contributed by atoms with Crippen LogP contribution in [0.5, 0.6) is 0 Å². The Bertz CT molecular complexity index is 1110. The summed E-state index contributed by atoms with van der Waals surface area (Å²) in [4.78, 5) is 41.7. The fraction of sp³-hybridized carbons (Fsp3) is 0.200. The van der Waals surface area contributed by atoms with Crippen molar-refractivity contribution < 1.29 is 14.3 Å². The van der Waals surface area contributed by atoms with Crippen LogP contribution >= 0.6 is 11.6 Å². The van der Waals surface area contributed by atoms with Crippen LogP contribution in [-0.2, 0) is 16.1 Å². The molecule has 0 aliphatic rings. The van der Waals surface area contributed by atoms with Crippen molar-refractivity contribution in [1.82, 2.24) is 9.55 Å². The quantitative estimate of drug-likeness (QED) is 0.665. The van der Waals surface area contributed by atoms with Gasteiger partial charge in [0.1, 0.15) is 17.8 Å². The standard InChI is InChI=1S/C20H18ClN3O4/c1-3-28-20(27)16-10-24(19-15(18(16)26)9-4-12(2)22-19)11-17(25)23-14-7-5-13(21)6-8-14/h4-10H,3,11H2,1-2H3,(H,23,25). The third-order valence-corrected chi connectivity index (χ3v) is 4.25. The predicted octanol–water partition coefficient (Wildman–Crippen LogP) is 3.17. The molecule has 0 unspecified atom stereocenters. The highest BCUT2D eigenvalue weighted by atomic mass is 35.5. The van der Waals surface area contributed by atoms with Gasteiger partial charge in [-0.3, -0.25) is 9.59 Å². The summed E-state index contributed by atoms with van der Waals surface area (Å²) in [5.41, 5.74) is 0.969. The van der Waals surface area contributed by atoms with Crippen LogP contribution in [0.25, 0.3) is 11.0 Å². The molecule has 1 aromatic carbocycles. The smallest absolute Gasteiger partial charge is 0.343 e. The number of ether oxygens (including phenoxy) is 1. The summed E-state index contributed by atoms with van der Waals surface area (Å²) in [6.07, 6.45) is 1.32. The van der Waals surface area contributed by atoms with Gasteiger partial charge in [-0.1, -0.05) is 11.6 Å². The molecule has 0 atom stereocenters. The Morgan fingerprint density at radius 2 is 1.89 bits per heavy atom. The van der Waals surface area contributed by atoms with Gasteiger partial charge in [0.2, 0.25) is 11.3 Å². The highest BCUT2D eigenvalue weighted by molar-refractivity contribution is 6.30. The van der Waals surface area contributed by atoms with E-state index in [1.807, 2.05) is 0 Å². The number of hydrogen-bond donors (Lipinski definition) is 1. The van der Waals surface area contributed by atoms with E-state index >= 15 is 0 Å². The summed E-state index contributed by atoms with van der Waals surface area (Å²) >= 11 is 5.85. The van der Waals surface area contributed by atoms with Crippen molar-refractivity contribution in [3.63, 3.8) is 0 Å². The van der Waals surface area contributed by atoms with Crippen molar-refractivity contribution in [2.75, 3.05) is 11.9 Å². The second-order valence-corrected chi connectivity index (χ2v) is 6.54. The van der Waals surface area contributed by atoms with E-state index < -0.39 is 11.4 Å². The van der Waals surface area contributed by atoms with Crippen molar-refractivity contribution in [2.24, 2.45) is 0 Å². The molecule has 0 bridgehead atoms. The number of aryl methyl sites for hydroxylation is 1. The van der Waals surface area contributed by atoms with Gasteiger partial charge in [-0.05, 0) is 50.2 Å². The first-order valence-corrected chi connectivity index (χ1v) is 9.00. The summed E-state index contributed by atoms with van der Waals surface area (Å²) < 4.78 is 6.44. The molecule has 0 spiro atoms. The predicted molar refractivity (Wildman–Crippen MR) is 107 cm³/mol. The number of esters is 1. The van der Waals surface area contributed by atoms with Crippen LogP contribution in [0.3, 0.4) is 0 Å². The molecule has 0 fully saturated rings. The van der Waals surface area contributed by atoms with E-state index in [0.29, 0.717) is 22.1 Å². The minimum atomic E-state index is -0.734. The molecule has 0 saturated heterocycles. The lowest BCUT2D eigenvalue weighted by molar-refractivity contribution is -0.116. The van der Waals surface area contributed by atoms with E-state index in [0.717, 1.165) is 0 Å². The van der Waals surface area contributed by atoms with Crippen molar-refractivity contribution in [3.05, 3.63) is 69.1 Å². The number of hydrogen-bond acceptors (Lipinski definition) is 5. The SMILES string of the molecule is CCOC(=O)c1cn(CC(=O)Nc2ccc(Cl)cc2)c2nc(C)ccc2c1=O. The molecular weight excluding hydrogens is 382 g/mol. The molecule has 0 saturated carbocycles. The van der Waals surface area contributed by atoms with Gasteiger partial charge in [0.25, 0.3) is 0 Å². The maximum Gasteiger partial charge on any atom is 0.343 e. The molecule has 0 aliphatic carbocycles. The summed E-state index contributed by atoms with van der Waals surface area (Å²) in [6.45, 7) is 3.44. The lowest BCUT2D eigenvalue weighted by Gasteiger charge is -2.13. The van der Waals surface area contributed by atoms with E-state index in [-0.39, 0.29) is 30.0 Å². The molecule has 0 aliphatic heterocycles. The van der Waals surface area contributed by atoms with Crippen molar-refractivity contribution in [2.45, 2.75) is 20.4 Å². The number of carbonyl (C=O) groups is 2. The number of nitrogens with zero attached hydrogens (tertiary/aromatic N) is 2. The average Bonchev–Trinajstić information content (AvgIpc) is 2.66. The Hall–Kier alpha value is -3.19. The third-order valence-electron chi connectivity index (χ3n) is 4.00. The molecule has 1 N–H and O–H groups in total. The van der Waals surface area contributed by atoms with Gasteiger partial charge >= 0.3 is 5.97 Å². The Labute approximate surface area is 165 Å². The Morgan fingerprint density at radius 3 is 2.57 bits per heavy atom. The lowest BCUT2D eigenvalue weighted by Crippen LogP contribution is -2.25. The van der Waals surface area contributed by atoms with Gasteiger partial charge in [-0.25, -0.2) is 9.78 Å². The Balaban J connectivity index is 2.00. The van der Waals surface area contributed by atoms with Crippen LogP contribution in [0.1, 0.15) is 23.0 Å². The van der Waals surface area contributed by atoms with Gasteiger partial charge in [0.15, 0.2) is 0 Å². The van der Waals surface area contributed by atoms with Gasteiger partial charge in [-0.15, -0.1) is 0 Å². The maximum atomic E-state index is 12.6. The highest BCUT2D eigenvalue weighted by Crippen LogP contribution is 2.15. The minimum Gasteiger partial charge on any atom is -0.462 e. The Kier molecular flexibility index (Phi) is 5.75. The topological polar surface area (TPSA) is 90.3 Å². The van der Waals surface area contributed by atoms with Crippen LogP contribution in [0.15, 0.2) is 47.4 Å². The molecular formula is C20H18ClN3O4. The molecule has 0 radical (unpaired) electrons. The fourth-order valence-electron chi connectivity index (χ4n) is 2.72. The lowest BCUT2D eigenvalue weighted by atomic mass is 10.2. The number of anilines is 1. The van der Waals surface area contributed by atoms with E-state index in [1.54, 1.807) is 50.2 Å². The third kappa shape index (κ3) is 4.20. The van der Waals surface area contributed by atoms with Crippen LogP contribution in [0.2, 0.25) is 5.02 Å². The number of pyridine rings is 2. The van der Waals surface area contributed by atoms with E-state index in [4.69, 9.17) is 16.3 Å². The zero-order chi connectivity index (χ0) is 20.3.